The summed E-state index contributed by atoms with van der Waals surface area (Å²) in [6, 6.07) is 7.92. The summed E-state index contributed by atoms with van der Waals surface area (Å²) in [7, 11) is 0. The molecule has 2 aromatic rings. The maximum absolute atomic E-state index is 6.20. The molecule has 0 aromatic carbocycles. The van der Waals surface area contributed by atoms with Gasteiger partial charge in [0.05, 0.1) is 17.4 Å². The lowest BCUT2D eigenvalue weighted by Gasteiger charge is -2.11. The summed E-state index contributed by atoms with van der Waals surface area (Å²) in [5, 5.41) is 4.53. The van der Waals surface area contributed by atoms with Crippen LogP contribution in [-0.4, -0.2) is 14.8 Å². The molecule has 1 unspecified atom stereocenters. The van der Waals surface area contributed by atoms with E-state index in [9.17, 15) is 0 Å². The molecule has 0 aliphatic rings. The van der Waals surface area contributed by atoms with Crippen molar-refractivity contribution < 1.29 is 0 Å². The van der Waals surface area contributed by atoms with Crippen LogP contribution in [0.2, 0.25) is 0 Å². The number of pyridine rings is 1. The molecule has 2 aromatic heterocycles. The Kier molecular flexibility index (Phi) is 4.10. The van der Waals surface area contributed by atoms with Gasteiger partial charge in [0.25, 0.3) is 0 Å². The first-order valence-electron chi connectivity index (χ1n) is 6.46. The van der Waals surface area contributed by atoms with Gasteiger partial charge in [0, 0.05) is 24.9 Å². The minimum Gasteiger partial charge on any atom is -0.322 e. The molecule has 0 saturated carbocycles. The zero-order chi connectivity index (χ0) is 13.0. The third kappa shape index (κ3) is 2.76. The Bertz CT molecular complexity index is 490. The van der Waals surface area contributed by atoms with Crippen LogP contribution in [0.1, 0.15) is 37.0 Å². The lowest BCUT2D eigenvalue weighted by molar-refractivity contribution is 0.580. The van der Waals surface area contributed by atoms with Crippen molar-refractivity contribution in [2.75, 3.05) is 0 Å². The van der Waals surface area contributed by atoms with Crippen molar-refractivity contribution in [3.63, 3.8) is 0 Å². The van der Waals surface area contributed by atoms with E-state index in [-0.39, 0.29) is 6.04 Å². The molecule has 0 spiro atoms. The highest BCUT2D eigenvalue weighted by molar-refractivity contribution is 5.16. The van der Waals surface area contributed by atoms with Crippen LogP contribution in [0.5, 0.6) is 0 Å². The molecule has 4 nitrogen and oxygen atoms in total. The van der Waals surface area contributed by atoms with E-state index in [1.165, 1.54) is 5.69 Å². The van der Waals surface area contributed by atoms with E-state index in [1.54, 1.807) is 6.20 Å². The third-order valence-electron chi connectivity index (χ3n) is 3.07. The van der Waals surface area contributed by atoms with E-state index >= 15 is 0 Å². The van der Waals surface area contributed by atoms with Gasteiger partial charge in [0.2, 0.25) is 0 Å². The predicted molar refractivity (Wildman–Crippen MR) is 72.1 cm³/mol. The van der Waals surface area contributed by atoms with Crippen LogP contribution in [0.15, 0.2) is 30.5 Å². The molecular weight excluding hydrogens is 224 g/mol. The monoisotopic (exact) mass is 244 g/mol. The lowest BCUT2D eigenvalue weighted by Crippen LogP contribution is -2.17. The molecule has 0 fully saturated rings. The number of hydrogen-bond donors (Lipinski definition) is 1. The Morgan fingerprint density at radius 1 is 1.33 bits per heavy atom. The minimum absolute atomic E-state index is 0.0714. The molecule has 0 aliphatic heterocycles. The maximum Gasteiger partial charge on any atom is 0.0624 e. The van der Waals surface area contributed by atoms with Gasteiger partial charge in [-0.15, -0.1) is 0 Å². The largest absolute Gasteiger partial charge is 0.322 e. The van der Waals surface area contributed by atoms with Crippen LogP contribution in [0, 0.1) is 0 Å². The molecule has 0 radical (unpaired) electrons. The van der Waals surface area contributed by atoms with Crippen molar-refractivity contribution in [1.29, 1.82) is 0 Å². The molecular formula is C14H20N4. The van der Waals surface area contributed by atoms with E-state index < -0.39 is 0 Å². The quantitative estimate of drug-likeness (QED) is 0.876. The summed E-state index contributed by atoms with van der Waals surface area (Å²) < 4.78 is 2.03. The average Bonchev–Trinajstić information content (AvgIpc) is 2.82. The Hall–Kier alpha value is -1.68. The van der Waals surface area contributed by atoms with Gasteiger partial charge in [-0.05, 0) is 31.5 Å². The van der Waals surface area contributed by atoms with E-state index in [1.807, 2.05) is 22.9 Å². The zero-order valence-corrected chi connectivity index (χ0v) is 11.0. The SMILES string of the molecule is CCc1cc(CC(N)c2ccccn2)n(CC)n1. The Morgan fingerprint density at radius 3 is 2.78 bits per heavy atom. The molecule has 0 aliphatic carbocycles. The molecule has 0 amide bonds. The van der Waals surface area contributed by atoms with E-state index in [0.29, 0.717) is 0 Å². The van der Waals surface area contributed by atoms with Crippen LogP contribution >= 0.6 is 0 Å². The van der Waals surface area contributed by atoms with E-state index in [4.69, 9.17) is 5.73 Å². The highest BCUT2D eigenvalue weighted by Gasteiger charge is 2.12. The fourth-order valence-corrected chi connectivity index (χ4v) is 2.05. The Balaban J connectivity index is 2.16. The topological polar surface area (TPSA) is 56.7 Å². The van der Waals surface area contributed by atoms with E-state index in [0.717, 1.165) is 30.8 Å². The second kappa shape index (κ2) is 5.78. The summed E-state index contributed by atoms with van der Waals surface area (Å²) in [5.74, 6) is 0. The van der Waals surface area contributed by atoms with Crippen LogP contribution in [-0.2, 0) is 19.4 Å². The zero-order valence-electron chi connectivity index (χ0n) is 11.0. The molecule has 96 valence electrons. The first kappa shape index (κ1) is 12.8. The van der Waals surface area contributed by atoms with Gasteiger partial charge in [0.1, 0.15) is 0 Å². The van der Waals surface area contributed by atoms with Crippen LogP contribution in [0.4, 0.5) is 0 Å². The van der Waals surface area contributed by atoms with Gasteiger partial charge < -0.3 is 5.73 Å². The highest BCUT2D eigenvalue weighted by Crippen LogP contribution is 2.15. The number of rotatable bonds is 5. The molecule has 4 heteroatoms. The summed E-state index contributed by atoms with van der Waals surface area (Å²) in [5.41, 5.74) is 9.44. The number of nitrogens with zero attached hydrogens (tertiary/aromatic N) is 3. The standard InChI is InChI=1S/C14H20N4/c1-3-11-9-12(18(4-2)17-11)10-13(15)14-7-5-6-8-16-14/h5-9,13H,3-4,10,15H2,1-2H3. The Labute approximate surface area is 108 Å². The highest BCUT2D eigenvalue weighted by atomic mass is 15.3. The third-order valence-corrected chi connectivity index (χ3v) is 3.07. The van der Waals surface area contributed by atoms with Crippen molar-refractivity contribution >= 4 is 0 Å². The van der Waals surface area contributed by atoms with Crippen molar-refractivity contribution in [3.8, 4) is 0 Å². The number of nitrogens with two attached hydrogens (primary N) is 1. The first-order chi connectivity index (χ1) is 8.74. The molecule has 2 heterocycles. The number of hydrogen-bond acceptors (Lipinski definition) is 3. The maximum atomic E-state index is 6.20. The van der Waals surface area contributed by atoms with Crippen LogP contribution < -0.4 is 5.73 Å². The lowest BCUT2D eigenvalue weighted by atomic mass is 10.1. The Morgan fingerprint density at radius 2 is 2.17 bits per heavy atom. The van der Waals surface area contributed by atoms with Crippen molar-refractivity contribution in [3.05, 3.63) is 47.5 Å². The summed E-state index contributed by atoms with van der Waals surface area (Å²) in [4.78, 5) is 4.30. The molecule has 2 N–H and O–H groups in total. The second-order valence-corrected chi connectivity index (χ2v) is 4.36. The fraction of sp³-hybridized carbons (Fsp3) is 0.429. The van der Waals surface area contributed by atoms with Crippen LogP contribution in [0.25, 0.3) is 0 Å². The van der Waals surface area contributed by atoms with Crippen molar-refractivity contribution in [2.45, 2.75) is 39.3 Å². The summed E-state index contributed by atoms with van der Waals surface area (Å²) >= 11 is 0. The van der Waals surface area contributed by atoms with Crippen molar-refractivity contribution in [2.24, 2.45) is 5.73 Å². The fourth-order valence-electron chi connectivity index (χ4n) is 2.05. The number of aryl methyl sites for hydroxylation is 2. The number of aromatic nitrogens is 3. The minimum atomic E-state index is -0.0714. The molecule has 18 heavy (non-hydrogen) atoms. The smallest absolute Gasteiger partial charge is 0.0624 e. The van der Waals surface area contributed by atoms with Gasteiger partial charge in [-0.3, -0.25) is 9.67 Å². The average molecular weight is 244 g/mol. The van der Waals surface area contributed by atoms with Crippen molar-refractivity contribution in [1.82, 2.24) is 14.8 Å². The van der Waals surface area contributed by atoms with Gasteiger partial charge in [0.15, 0.2) is 0 Å². The van der Waals surface area contributed by atoms with Crippen LogP contribution in [0.3, 0.4) is 0 Å². The summed E-state index contributed by atoms with van der Waals surface area (Å²) in [6.45, 7) is 5.09. The van der Waals surface area contributed by atoms with E-state index in [2.05, 4.69) is 30.0 Å². The van der Waals surface area contributed by atoms with Gasteiger partial charge in [-0.2, -0.15) is 5.10 Å². The second-order valence-electron chi connectivity index (χ2n) is 4.36. The predicted octanol–water partition coefficient (Wildman–Crippen LogP) is 2.10. The van der Waals surface area contributed by atoms with Gasteiger partial charge >= 0.3 is 0 Å². The first-order valence-corrected chi connectivity index (χ1v) is 6.46. The summed E-state index contributed by atoms with van der Waals surface area (Å²) in [6.07, 6.45) is 3.51. The van der Waals surface area contributed by atoms with Gasteiger partial charge in [-0.1, -0.05) is 13.0 Å². The molecule has 2 rings (SSSR count). The van der Waals surface area contributed by atoms with Gasteiger partial charge in [-0.25, -0.2) is 0 Å². The molecule has 1 atom stereocenters. The molecule has 0 saturated heterocycles. The normalized spacial score (nSPS) is 12.6. The molecule has 0 bridgehead atoms.